The second kappa shape index (κ2) is 1.88. The molecule has 0 saturated carbocycles. The third-order valence-corrected chi connectivity index (χ3v) is 1.92. The van der Waals surface area contributed by atoms with Crippen molar-refractivity contribution in [2.45, 2.75) is 0 Å². The minimum Gasteiger partial charge on any atom is -0.423 e. The Balaban J connectivity index is 2.68. The summed E-state index contributed by atoms with van der Waals surface area (Å²) in [6.45, 7) is 0. The van der Waals surface area contributed by atoms with E-state index in [1.807, 2.05) is 24.3 Å². The van der Waals surface area contributed by atoms with Gasteiger partial charge in [0, 0.05) is 5.39 Å². The number of benzene rings is 1. The van der Waals surface area contributed by atoms with Gasteiger partial charge in [-0.3, -0.25) is 0 Å². The minimum absolute atomic E-state index is 0.496. The largest absolute Gasteiger partial charge is 0.423 e. The Labute approximate surface area is 67.6 Å². The molecule has 58 valence electrons. The van der Waals surface area contributed by atoms with Crippen molar-refractivity contribution in [3.8, 4) is 0 Å². The average Bonchev–Trinajstić information content (AvgIpc) is 2.62. The molecule has 3 rings (SSSR count). The molecule has 0 aliphatic carbocycles. The number of rotatable bonds is 0. The third-order valence-electron chi connectivity index (χ3n) is 1.92. The molecule has 3 heteroatoms. The first-order valence-corrected chi connectivity index (χ1v) is 3.67. The Kier molecular flexibility index (Phi) is 0.913. The van der Waals surface area contributed by atoms with Crippen LogP contribution in [0.5, 0.6) is 0 Å². The summed E-state index contributed by atoms with van der Waals surface area (Å²) in [6.07, 6.45) is 1.67. The van der Waals surface area contributed by atoms with Crippen LogP contribution in [0.1, 0.15) is 0 Å². The topological polar surface area (TPSA) is 39.2 Å². The van der Waals surface area contributed by atoms with Gasteiger partial charge in [-0.1, -0.05) is 23.4 Å². The number of aromatic nitrogens is 1. The van der Waals surface area contributed by atoms with Crippen molar-refractivity contribution in [1.29, 1.82) is 0 Å². The fraction of sp³-hybridized carbons (Fsp3) is 0. The molecule has 0 amide bonds. The highest BCUT2D eigenvalue weighted by Crippen LogP contribution is 2.27. The Morgan fingerprint density at radius 3 is 3.00 bits per heavy atom. The van der Waals surface area contributed by atoms with E-state index in [1.54, 1.807) is 6.20 Å². The summed E-state index contributed by atoms with van der Waals surface area (Å²) in [5.74, 6) is 0.496. The van der Waals surface area contributed by atoms with E-state index in [0.29, 0.717) is 5.78 Å². The van der Waals surface area contributed by atoms with Gasteiger partial charge in [-0.2, -0.15) is 0 Å². The Morgan fingerprint density at radius 1 is 1.08 bits per heavy atom. The summed E-state index contributed by atoms with van der Waals surface area (Å²) in [7, 11) is 0. The Bertz CT molecular complexity index is 534. The molecule has 0 saturated heterocycles. The van der Waals surface area contributed by atoms with Gasteiger partial charge < -0.3 is 8.94 Å². The van der Waals surface area contributed by atoms with Gasteiger partial charge in [0.15, 0.2) is 0 Å². The van der Waals surface area contributed by atoms with E-state index in [1.165, 1.54) is 0 Å². The van der Waals surface area contributed by atoms with Gasteiger partial charge in [0.2, 0.25) is 0 Å². The second-order valence-corrected chi connectivity index (χ2v) is 2.63. The minimum atomic E-state index is 0.496. The van der Waals surface area contributed by atoms with Crippen molar-refractivity contribution in [3.05, 3.63) is 30.5 Å². The zero-order valence-electron chi connectivity index (χ0n) is 6.15. The first-order valence-electron chi connectivity index (χ1n) is 3.67. The van der Waals surface area contributed by atoms with Crippen LogP contribution < -0.4 is 0 Å². The molecule has 12 heavy (non-hydrogen) atoms. The van der Waals surface area contributed by atoms with Crippen molar-refractivity contribution in [2.24, 2.45) is 0 Å². The highest BCUT2D eigenvalue weighted by molar-refractivity contribution is 6.02. The van der Waals surface area contributed by atoms with Crippen LogP contribution >= 0.6 is 0 Å². The summed E-state index contributed by atoms with van der Waals surface area (Å²) < 4.78 is 10.2. The lowest BCUT2D eigenvalue weighted by Gasteiger charge is -1.82. The molecule has 0 atom stereocenters. The fourth-order valence-electron chi connectivity index (χ4n) is 1.36. The van der Waals surface area contributed by atoms with E-state index in [9.17, 15) is 0 Å². The summed E-state index contributed by atoms with van der Waals surface area (Å²) >= 11 is 0. The third kappa shape index (κ3) is 0.580. The number of fused-ring (bicyclic) bond motifs is 3. The summed E-state index contributed by atoms with van der Waals surface area (Å²) in [6, 6.07) is 7.78. The van der Waals surface area contributed by atoms with Gasteiger partial charge in [0.25, 0.3) is 0 Å². The Morgan fingerprint density at radius 2 is 2.00 bits per heavy atom. The predicted molar refractivity (Wildman–Crippen MR) is 43.8 cm³/mol. The number of hydrogen-bond donors (Lipinski definition) is 0. The molecule has 0 aliphatic heterocycles. The molecule has 0 spiro atoms. The van der Waals surface area contributed by atoms with Crippen molar-refractivity contribution in [3.63, 3.8) is 0 Å². The number of furan rings is 1. The molecule has 1 aromatic carbocycles. The van der Waals surface area contributed by atoms with Gasteiger partial charge in [-0.05, 0) is 6.07 Å². The highest BCUT2D eigenvalue weighted by atomic mass is 16.5. The molecular weight excluding hydrogens is 154 g/mol. The maximum atomic E-state index is 5.36. The molecule has 0 bridgehead atoms. The van der Waals surface area contributed by atoms with Gasteiger partial charge in [-0.25, -0.2) is 0 Å². The van der Waals surface area contributed by atoms with Crippen molar-refractivity contribution < 1.29 is 8.94 Å². The molecule has 0 fully saturated rings. The first-order chi connectivity index (χ1) is 5.95. The van der Waals surface area contributed by atoms with E-state index in [-0.39, 0.29) is 0 Å². The zero-order chi connectivity index (χ0) is 7.97. The van der Waals surface area contributed by atoms with Crippen LogP contribution in [0, 0.1) is 0 Å². The fourth-order valence-corrected chi connectivity index (χ4v) is 1.36. The number of nitrogens with zero attached hydrogens (tertiary/aromatic N) is 1. The van der Waals surface area contributed by atoms with E-state index >= 15 is 0 Å². The van der Waals surface area contributed by atoms with Crippen molar-refractivity contribution in [1.82, 2.24) is 5.16 Å². The van der Waals surface area contributed by atoms with Crippen LogP contribution in [0.3, 0.4) is 0 Å². The van der Waals surface area contributed by atoms with Crippen LogP contribution in [0.15, 0.2) is 39.4 Å². The SMILES string of the molecule is c1ccc2c(c1)oc1oncc12. The molecule has 2 heterocycles. The molecule has 0 radical (unpaired) electrons. The van der Waals surface area contributed by atoms with Crippen LogP contribution in [-0.4, -0.2) is 5.16 Å². The van der Waals surface area contributed by atoms with Crippen molar-refractivity contribution >= 4 is 22.1 Å². The lowest BCUT2D eigenvalue weighted by Crippen LogP contribution is -1.61. The summed E-state index contributed by atoms with van der Waals surface area (Å²) in [4.78, 5) is 0. The summed E-state index contributed by atoms with van der Waals surface area (Å²) in [5.41, 5.74) is 0.841. The van der Waals surface area contributed by atoms with Crippen LogP contribution in [0.4, 0.5) is 0 Å². The molecule has 2 aromatic heterocycles. The average molecular weight is 159 g/mol. The van der Waals surface area contributed by atoms with Gasteiger partial charge in [-0.15, -0.1) is 0 Å². The highest BCUT2D eigenvalue weighted by Gasteiger charge is 2.08. The zero-order valence-corrected chi connectivity index (χ0v) is 6.15. The van der Waals surface area contributed by atoms with Crippen LogP contribution in [0.2, 0.25) is 0 Å². The standard InChI is InChI=1S/C9H5NO2/c1-2-4-8-6(3-1)7-5-10-12-9(7)11-8/h1-5H. The lowest BCUT2D eigenvalue weighted by atomic mass is 10.2. The van der Waals surface area contributed by atoms with Gasteiger partial charge in [0.1, 0.15) is 5.58 Å². The summed E-state index contributed by atoms with van der Waals surface area (Å²) in [5, 5.41) is 5.63. The monoisotopic (exact) mass is 159 g/mol. The number of para-hydroxylation sites is 1. The quantitative estimate of drug-likeness (QED) is 0.506. The van der Waals surface area contributed by atoms with Crippen molar-refractivity contribution in [2.75, 3.05) is 0 Å². The molecule has 3 aromatic rings. The van der Waals surface area contributed by atoms with E-state index in [4.69, 9.17) is 8.94 Å². The molecule has 0 aliphatic rings. The lowest BCUT2D eigenvalue weighted by molar-refractivity contribution is 0.398. The molecular formula is C9H5NO2. The smallest absolute Gasteiger partial charge is 0.324 e. The molecule has 0 unspecified atom stereocenters. The normalized spacial score (nSPS) is 11.3. The van der Waals surface area contributed by atoms with Crippen LogP contribution in [-0.2, 0) is 0 Å². The van der Waals surface area contributed by atoms with Gasteiger partial charge in [0.05, 0.1) is 11.6 Å². The maximum absolute atomic E-state index is 5.36. The van der Waals surface area contributed by atoms with E-state index < -0.39 is 0 Å². The van der Waals surface area contributed by atoms with E-state index in [2.05, 4.69) is 5.16 Å². The molecule has 0 N–H and O–H groups in total. The van der Waals surface area contributed by atoms with E-state index in [0.717, 1.165) is 16.4 Å². The van der Waals surface area contributed by atoms with Gasteiger partial charge >= 0.3 is 5.78 Å². The molecule has 3 nitrogen and oxygen atoms in total. The second-order valence-electron chi connectivity index (χ2n) is 2.63. The maximum Gasteiger partial charge on any atom is 0.324 e. The Hall–Kier alpha value is -1.77. The predicted octanol–water partition coefficient (Wildman–Crippen LogP) is 2.57. The first kappa shape index (κ1) is 5.83. The number of hydrogen-bond acceptors (Lipinski definition) is 3. The van der Waals surface area contributed by atoms with Crippen LogP contribution in [0.25, 0.3) is 22.1 Å².